The van der Waals surface area contributed by atoms with Crippen molar-refractivity contribution in [3.05, 3.63) is 69.7 Å². The lowest BCUT2D eigenvalue weighted by Gasteiger charge is -2.38. The first kappa shape index (κ1) is 33.2. The number of rotatable bonds is 8. The summed E-state index contributed by atoms with van der Waals surface area (Å²) in [6.07, 6.45) is -16.5. The van der Waals surface area contributed by atoms with E-state index in [0.29, 0.717) is 21.2 Å². The molecule has 0 unspecified atom stereocenters. The summed E-state index contributed by atoms with van der Waals surface area (Å²) in [6.45, 7) is -0.944. The highest BCUT2D eigenvalue weighted by Crippen LogP contribution is 2.33. The van der Waals surface area contributed by atoms with E-state index in [1.54, 1.807) is 48.5 Å². The number of nitrogens with zero attached hydrogens (tertiary/aromatic N) is 2. The molecule has 2 aromatic rings. The van der Waals surface area contributed by atoms with Gasteiger partial charge < -0.3 is 14.2 Å². The zero-order valence-electron chi connectivity index (χ0n) is 21.1. The Hall–Kier alpha value is -1.31. The van der Waals surface area contributed by atoms with Gasteiger partial charge in [-0.2, -0.15) is 26.3 Å². The molecule has 14 heteroatoms. The molecule has 0 saturated carbocycles. The topological polar surface area (TPSA) is 34.2 Å². The molecule has 0 N–H and O–H groups in total. The smallest absolute Gasteiger partial charge is 0.371 e. The number of alkyl halides is 6. The molecule has 5 nitrogen and oxygen atoms in total. The van der Waals surface area contributed by atoms with Crippen LogP contribution in [0.3, 0.4) is 0 Å². The van der Waals surface area contributed by atoms with Crippen LogP contribution < -0.4 is 0 Å². The Morgan fingerprint density at radius 3 is 1.50 bits per heavy atom. The molecule has 4 rings (SSSR count). The monoisotopic (exact) mass is 636 g/mol. The van der Waals surface area contributed by atoms with E-state index < -0.39 is 49.9 Å². The molecule has 0 aliphatic carbocycles. The van der Waals surface area contributed by atoms with Gasteiger partial charge in [0.2, 0.25) is 0 Å². The highest BCUT2D eigenvalue weighted by molar-refractivity contribution is 6.30. The zero-order valence-corrected chi connectivity index (χ0v) is 23.5. The van der Waals surface area contributed by atoms with Gasteiger partial charge in [-0.25, -0.2) is 0 Å². The molecular weight excluding hydrogens is 609 g/mol. The number of halogens is 9. The first-order chi connectivity index (χ1) is 18.4. The summed E-state index contributed by atoms with van der Waals surface area (Å²) < 4.78 is 100. The van der Waals surface area contributed by atoms with Crippen molar-refractivity contribution >= 4 is 35.6 Å². The molecule has 2 saturated heterocycles. The summed E-state index contributed by atoms with van der Waals surface area (Å²) in [5, 5.41) is 0.886. The SMILES string of the molecule is Cl.FC(F)(F)[C@H](CN1CCO[C@@H](c2cccc(Cl)c2)C1)O[C@@H](CN1CCO[C@@H](c2cccc(Cl)c2)C1)C(F)(F)F. The quantitative estimate of drug-likeness (QED) is 0.300. The highest BCUT2D eigenvalue weighted by Gasteiger charge is 2.50. The van der Waals surface area contributed by atoms with Crippen molar-refractivity contribution in [1.29, 1.82) is 0 Å². The Morgan fingerprint density at radius 1 is 0.750 bits per heavy atom. The third-order valence-electron chi connectivity index (χ3n) is 6.65. The van der Waals surface area contributed by atoms with E-state index in [9.17, 15) is 26.3 Å². The second-order valence-electron chi connectivity index (χ2n) is 9.54. The van der Waals surface area contributed by atoms with Crippen LogP contribution >= 0.6 is 35.6 Å². The fourth-order valence-electron chi connectivity index (χ4n) is 4.67. The van der Waals surface area contributed by atoms with Crippen LogP contribution in [0.25, 0.3) is 0 Å². The Bertz CT molecular complexity index is 1010. The van der Waals surface area contributed by atoms with Gasteiger partial charge in [-0.3, -0.25) is 9.80 Å². The average molecular weight is 638 g/mol. The lowest BCUT2D eigenvalue weighted by molar-refractivity contribution is -0.292. The van der Waals surface area contributed by atoms with Crippen LogP contribution in [-0.4, -0.2) is 86.8 Å². The van der Waals surface area contributed by atoms with E-state index in [-0.39, 0.29) is 51.8 Å². The van der Waals surface area contributed by atoms with Gasteiger partial charge in [0.15, 0.2) is 12.2 Å². The fraction of sp³-hybridized carbons (Fsp3) is 0.538. The molecule has 2 aliphatic heterocycles. The summed E-state index contributed by atoms with van der Waals surface area (Å²) in [5.41, 5.74) is 1.35. The average Bonchev–Trinajstić information content (AvgIpc) is 2.87. The molecule has 0 amide bonds. The van der Waals surface area contributed by atoms with Crippen molar-refractivity contribution in [2.45, 2.75) is 36.8 Å². The van der Waals surface area contributed by atoms with Crippen LogP contribution in [0.5, 0.6) is 0 Å². The first-order valence-corrected chi connectivity index (χ1v) is 13.1. The standard InChI is InChI=1S/C26H28Cl2F6N2O3.ClH/c27-19-5-1-3-17(11-19)21-13-35(7-9-37-21)15-23(25(29,30)31)39-24(26(32,33)34)16-36-8-10-38-22(14-36)18-4-2-6-20(28)12-18;/h1-6,11-12,21-24H,7-10,13-16H2;1H/t21-,22-,23+,24+;/m1./s1. The van der Waals surface area contributed by atoms with Gasteiger partial charge in [-0.05, 0) is 35.4 Å². The van der Waals surface area contributed by atoms with E-state index in [1.165, 1.54) is 9.80 Å². The third kappa shape index (κ3) is 9.35. The van der Waals surface area contributed by atoms with Crippen molar-refractivity contribution < 1.29 is 40.6 Å². The molecule has 0 bridgehead atoms. The van der Waals surface area contributed by atoms with Crippen LogP contribution in [0.1, 0.15) is 23.3 Å². The number of hydrogen-bond acceptors (Lipinski definition) is 5. The molecule has 2 fully saturated rings. The Labute approximate surface area is 244 Å². The van der Waals surface area contributed by atoms with Gasteiger partial charge in [-0.15, -0.1) is 12.4 Å². The van der Waals surface area contributed by atoms with Gasteiger partial charge in [0, 0.05) is 49.3 Å². The maximum absolute atomic E-state index is 14.0. The molecule has 4 atom stereocenters. The second kappa shape index (κ2) is 14.2. The lowest BCUT2D eigenvalue weighted by atomic mass is 10.1. The maximum atomic E-state index is 14.0. The van der Waals surface area contributed by atoms with Crippen molar-refractivity contribution in [1.82, 2.24) is 9.80 Å². The lowest BCUT2D eigenvalue weighted by Crippen LogP contribution is -2.53. The number of ether oxygens (including phenoxy) is 3. The van der Waals surface area contributed by atoms with Crippen molar-refractivity contribution in [3.8, 4) is 0 Å². The molecule has 0 spiro atoms. The summed E-state index contributed by atoms with van der Waals surface area (Å²) >= 11 is 12.0. The van der Waals surface area contributed by atoms with E-state index >= 15 is 0 Å². The molecule has 0 radical (unpaired) electrons. The predicted octanol–water partition coefficient (Wildman–Crippen LogP) is 6.74. The van der Waals surface area contributed by atoms with Gasteiger partial charge in [0.1, 0.15) is 0 Å². The van der Waals surface area contributed by atoms with Crippen LogP contribution in [-0.2, 0) is 14.2 Å². The molecule has 2 aliphatic rings. The maximum Gasteiger partial charge on any atom is 0.415 e. The molecular formula is C26H29Cl3F6N2O3. The van der Waals surface area contributed by atoms with Gasteiger partial charge in [0.25, 0.3) is 0 Å². The Balaban J connectivity index is 0.00000441. The minimum absolute atomic E-state index is 0. The molecule has 2 aromatic carbocycles. The number of benzene rings is 2. The number of hydrogen-bond donors (Lipinski definition) is 0. The van der Waals surface area contributed by atoms with E-state index in [1.807, 2.05) is 0 Å². The predicted molar refractivity (Wildman–Crippen MR) is 141 cm³/mol. The molecule has 2 heterocycles. The zero-order chi connectivity index (χ0) is 28.2. The molecule has 224 valence electrons. The normalized spacial score (nSPS) is 22.9. The van der Waals surface area contributed by atoms with Crippen molar-refractivity contribution in [2.75, 3.05) is 52.5 Å². The van der Waals surface area contributed by atoms with Gasteiger partial charge >= 0.3 is 12.4 Å². The first-order valence-electron chi connectivity index (χ1n) is 12.4. The number of morpholine rings is 2. The summed E-state index contributed by atoms with van der Waals surface area (Å²) in [4.78, 5) is 2.81. The van der Waals surface area contributed by atoms with E-state index in [0.717, 1.165) is 0 Å². The fourth-order valence-corrected chi connectivity index (χ4v) is 5.07. The third-order valence-corrected chi connectivity index (χ3v) is 7.12. The van der Waals surface area contributed by atoms with Crippen molar-refractivity contribution in [3.63, 3.8) is 0 Å². The van der Waals surface area contributed by atoms with Crippen molar-refractivity contribution in [2.24, 2.45) is 0 Å². The van der Waals surface area contributed by atoms with Gasteiger partial charge in [-0.1, -0.05) is 47.5 Å². The van der Waals surface area contributed by atoms with Gasteiger partial charge in [0.05, 0.1) is 25.4 Å². The molecule has 0 aromatic heterocycles. The Morgan fingerprint density at radius 2 is 1.15 bits per heavy atom. The van der Waals surface area contributed by atoms with Crippen LogP contribution in [0.2, 0.25) is 10.0 Å². The van der Waals surface area contributed by atoms with Crippen LogP contribution in [0.15, 0.2) is 48.5 Å². The van der Waals surface area contributed by atoms with Crippen LogP contribution in [0, 0.1) is 0 Å². The molecule has 40 heavy (non-hydrogen) atoms. The minimum Gasteiger partial charge on any atom is -0.371 e. The Kier molecular flexibility index (Phi) is 11.8. The van der Waals surface area contributed by atoms with E-state index in [4.69, 9.17) is 37.4 Å². The summed E-state index contributed by atoms with van der Waals surface area (Å²) in [7, 11) is 0. The minimum atomic E-state index is -5.01. The summed E-state index contributed by atoms with van der Waals surface area (Å²) in [6, 6.07) is 13.5. The summed E-state index contributed by atoms with van der Waals surface area (Å²) in [5.74, 6) is 0. The second-order valence-corrected chi connectivity index (χ2v) is 10.4. The highest BCUT2D eigenvalue weighted by atomic mass is 35.5. The van der Waals surface area contributed by atoms with E-state index in [2.05, 4.69) is 0 Å². The van der Waals surface area contributed by atoms with Crippen LogP contribution in [0.4, 0.5) is 26.3 Å². The largest absolute Gasteiger partial charge is 0.415 e.